The molecule has 3 aromatic rings. The highest BCUT2D eigenvalue weighted by atomic mass is 16.5. The summed E-state index contributed by atoms with van der Waals surface area (Å²) in [6.07, 6.45) is 4.34. The molecule has 0 aliphatic heterocycles. The molecule has 31 heavy (non-hydrogen) atoms. The monoisotopic (exact) mass is 416 g/mol. The molecule has 2 N–H and O–H groups in total. The van der Waals surface area contributed by atoms with Gasteiger partial charge in [-0.15, -0.1) is 0 Å². The van der Waals surface area contributed by atoms with E-state index in [1.807, 2.05) is 55.5 Å². The van der Waals surface area contributed by atoms with Gasteiger partial charge in [0.15, 0.2) is 0 Å². The van der Waals surface area contributed by atoms with Crippen LogP contribution in [-0.2, 0) is 4.79 Å². The standard InChI is InChI=1S/C26H28N2O3/c1-17(18-11-12-20-16-22(31-2)14-13-19(20)15-18)25(29)28-24-10-6-5-9-23(24)26(30)27-21-7-3-4-8-21/h5-6,9-17,21H,3-4,7-8H2,1-2H3,(H,27,30)(H,28,29)/t17-/m0/s1. The fourth-order valence-corrected chi connectivity index (χ4v) is 4.15. The van der Waals surface area contributed by atoms with E-state index in [1.165, 1.54) is 0 Å². The lowest BCUT2D eigenvalue weighted by Gasteiger charge is -2.17. The third kappa shape index (κ3) is 4.71. The molecule has 2 amide bonds. The second-order valence-corrected chi connectivity index (χ2v) is 8.18. The largest absolute Gasteiger partial charge is 0.497 e. The van der Waals surface area contributed by atoms with Crippen molar-refractivity contribution < 1.29 is 14.3 Å². The van der Waals surface area contributed by atoms with Crippen molar-refractivity contribution >= 4 is 28.3 Å². The van der Waals surface area contributed by atoms with Gasteiger partial charge in [-0.3, -0.25) is 9.59 Å². The van der Waals surface area contributed by atoms with Crippen LogP contribution < -0.4 is 15.4 Å². The van der Waals surface area contributed by atoms with Crippen molar-refractivity contribution in [2.75, 3.05) is 12.4 Å². The lowest BCUT2D eigenvalue weighted by atomic mass is 9.96. The number of nitrogens with one attached hydrogen (secondary N) is 2. The van der Waals surface area contributed by atoms with Crippen molar-refractivity contribution in [3.05, 3.63) is 71.8 Å². The van der Waals surface area contributed by atoms with E-state index in [9.17, 15) is 9.59 Å². The highest BCUT2D eigenvalue weighted by molar-refractivity contribution is 6.05. The minimum atomic E-state index is -0.363. The van der Waals surface area contributed by atoms with Crippen LogP contribution in [0.2, 0.25) is 0 Å². The Morgan fingerprint density at radius 3 is 2.45 bits per heavy atom. The Morgan fingerprint density at radius 2 is 1.68 bits per heavy atom. The first-order chi connectivity index (χ1) is 15.0. The summed E-state index contributed by atoms with van der Waals surface area (Å²) in [5.41, 5.74) is 1.96. The van der Waals surface area contributed by atoms with Gasteiger partial charge in [-0.2, -0.15) is 0 Å². The van der Waals surface area contributed by atoms with Gasteiger partial charge in [0.05, 0.1) is 24.3 Å². The number of amides is 2. The molecule has 0 radical (unpaired) electrons. The average molecular weight is 417 g/mol. The number of anilines is 1. The summed E-state index contributed by atoms with van der Waals surface area (Å²) >= 11 is 0. The molecule has 0 saturated heterocycles. The second-order valence-electron chi connectivity index (χ2n) is 8.18. The molecule has 1 atom stereocenters. The van der Waals surface area contributed by atoms with E-state index in [2.05, 4.69) is 10.6 Å². The van der Waals surface area contributed by atoms with Crippen molar-refractivity contribution in [2.24, 2.45) is 0 Å². The first-order valence-corrected chi connectivity index (χ1v) is 10.8. The number of carbonyl (C=O) groups excluding carboxylic acids is 2. The molecule has 1 aliphatic rings. The van der Waals surface area contributed by atoms with Crippen molar-refractivity contribution in [1.29, 1.82) is 0 Å². The van der Waals surface area contributed by atoms with E-state index in [0.717, 1.165) is 47.8 Å². The molecule has 5 heteroatoms. The number of para-hydroxylation sites is 1. The summed E-state index contributed by atoms with van der Waals surface area (Å²) in [5.74, 6) is 0.167. The van der Waals surface area contributed by atoms with Crippen LogP contribution in [0.1, 0.15) is 54.4 Å². The van der Waals surface area contributed by atoms with Crippen LogP contribution in [0.25, 0.3) is 10.8 Å². The van der Waals surface area contributed by atoms with E-state index in [4.69, 9.17) is 4.74 Å². The van der Waals surface area contributed by atoms with Crippen LogP contribution in [0.4, 0.5) is 5.69 Å². The minimum absolute atomic E-state index is 0.130. The molecule has 5 nitrogen and oxygen atoms in total. The Labute approximate surface area is 182 Å². The average Bonchev–Trinajstić information content (AvgIpc) is 3.31. The van der Waals surface area contributed by atoms with Crippen molar-refractivity contribution in [1.82, 2.24) is 5.32 Å². The molecule has 3 aromatic carbocycles. The van der Waals surface area contributed by atoms with Gasteiger partial charge in [0.25, 0.3) is 5.91 Å². The zero-order valence-corrected chi connectivity index (χ0v) is 18.0. The Hall–Kier alpha value is -3.34. The first kappa shape index (κ1) is 20.9. The lowest BCUT2D eigenvalue weighted by molar-refractivity contribution is -0.117. The maximum absolute atomic E-state index is 13.0. The number of ether oxygens (including phenoxy) is 1. The highest BCUT2D eigenvalue weighted by Gasteiger charge is 2.22. The van der Waals surface area contributed by atoms with Gasteiger partial charge in [0, 0.05) is 6.04 Å². The number of hydrogen-bond donors (Lipinski definition) is 2. The molecule has 4 rings (SSSR count). The summed E-state index contributed by atoms with van der Waals surface area (Å²) < 4.78 is 5.28. The molecule has 0 spiro atoms. The lowest BCUT2D eigenvalue weighted by Crippen LogP contribution is -2.33. The number of fused-ring (bicyclic) bond motifs is 1. The van der Waals surface area contributed by atoms with E-state index in [-0.39, 0.29) is 23.8 Å². The zero-order chi connectivity index (χ0) is 21.8. The molecule has 0 aromatic heterocycles. The Kier molecular flexibility index (Phi) is 6.21. The fraction of sp³-hybridized carbons (Fsp3) is 0.308. The summed E-state index contributed by atoms with van der Waals surface area (Å²) in [4.78, 5) is 25.8. The molecule has 0 heterocycles. The summed E-state index contributed by atoms with van der Waals surface area (Å²) in [5, 5.41) is 8.17. The van der Waals surface area contributed by atoms with E-state index < -0.39 is 0 Å². The maximum atomic E-state index is 13.0. The van der Waals surface area contributed by atoms with E-state index in [0.29, 0.717) is 11.3 Å². The topological polar surface area (TPSA) is 67.4 Å². The third-order valence-corrected chi connectivity index (χ3v) is 6.08. The van der Waals surface area contributed by atoms with Gasteiger partial charge in [-0.25, -0.2) is 0 Å². The molecular weight excluding hydrogens is 388 g/mol. The number of methoxy groups -OCH3 is 1. The van der Waals surface area contributed by atoms with Crippen LogP contribution in [0.5, 0.6) is 5.75 Å². The molecular formula is C26H28N2O3. The summed E-state index contributed by atoms with van der Waals surface area (Å²) in [7, 11) is 1.65. The van der Waals surface area contributed by atoms with Crippen LogP contribution in [0, 0.1) is 0 Å². The zero-order valence-electron chi connectivity index (χ0n) is 18.0. The van der Waals surface area contributed by atoms with E-state index in [1.54, 1.807) is 19.2 Å². The molecule has 1 aliphatic carbocycles. The smallest absolute Gasteiger partial charge is 0.253 e. The third-order valence-electron chi connectivity index (χ3n) is 6.08. The maximum Gasteiger partial charge on any atom is 0.253 e. The molecule has 1 saturated carbocycles. The summed E-state index contributed by atoms with van der Waals surface area (Å²) in [6.45, 7) is 1.88. The summed E-state index contributed by atoms with van der Waals surface area (Å²) in [6, 6.07) is 19.3. The number of benzene rings is 3. The first-order valence-electron chi connectivity index (χ1n) is 10.8. The highest BCUT2D eigenvalue weighted by Crippen LogP contribution is 2.27. The number of rotatable bonds is 6. The van der Waals surface area contributed by atoms with Gasteiger partial charge < -0.3 is 15.4 Å². The molecule has 160 valence electrons. The second kappa shape index (κ2) is 9.21. The fourth-order valence-electron chi connectivity index (χ4n) is 4.15. The van der Waals surface area contributed by atoms with Crippen LogP contribution in [0.15, 0.2) is 60.7 Å². The quantitative estimate of drug-likeness (QED) is 0.576. The molecule has 0 bridgehead atoms. The molecule has 1 fully saturated rings. The number of carbonyl (C=O) groups is 2. The van der Waals surface area contributed by atoms with E-state index >= 15 is 0 Å². The van der Waals surface area contributed by atoms with Crippen molar-refractivity contribution in [3.63, 3.8) is 0 Å². The van der Waals surface area contributed by atoms with Gasteiger partial charge in [-0.05, 0) is 60.4 Å². The SMILES string of the molecule is COc1ccc2cc([C@H](C)C(=O)Nc3ccccc3C(=O)NC3CCCC3)ccc2c1. The van der Waals surface area contributed by atoms with Crippen LogP contribution in [-0.4, -0.2) is 25.0 Å². The Morgan fingerprint density at radius 1 is 0.968 bits per heavy atom. The van der Waals surface area contributed by atoms with Gasteiger partial charge >= 0.3 is 0 Å². The van der Waals surface area contributed by atoms with Gasteiger partial charge in [0.2, 0.25) is 5.91 Å². The van der Waals surface area contributed by atoms with Crippen LogP contribution in [0.3, 0.4) is 0 Å². The number of hydrogen-bond acceptors (Lipinski definition) is 3. The van der Waals surface area contributed by atoms with Crippen molar-refractivity contribution in [3.8, 4) is 5.75 Å². The van der Waals surface area contributed by atoms with Crippen LogP contribution >= 0.6 is 0 Å². The normalized spacial score (nSPS) is 14.9. The predicted molar refractivity (Wildman–Crippen MR) is 124 cm³/mol. The molecule has 0 unspecified atom stereocenters. The van der Waals surface area contributed by atoms with Crippen molar-refractivity contribution in [2.45, 2.75) is 44.6 Å². The minimum Gasteiger partial charge on any atom is -0.497 e. The predicted octanol–water partition coefficient (Wildman–Crippen LogP) is 5.26. The Bertz CT molecular complexity index is 1100. The van der Waals surface area contributed by atoms with Gasteiger partial charge in [0.1, 0.15) is 5.75 Å². The van der Waals surface area contributed by atoms with Gasteiger partial charge in [-0.1, -0.05) is 49.2 Å². The Balaban J connectivity index is 1.50.